The number of hydrogen-bond donors (Lipinski definition) is 1. The number of rotatable bonds is 2. The molecule has 2 N–H and O–H groups in total. The predicted octanol–water partition coefficient (Wildman–Crippen LogP) is 1.34. The topological polar surface area (TPSA) is 112 Å². The van der Waals surface area contributed by atoms with Gasteiger partial charge in [0.1, 0.15) is 11.3 Å². The second-order valence-corrected chi connectivity index (χ2v) is 4.45. The van der Waals surface area contributed by atoms with Gasteiger partial charge in [-0.3, -0.25) is 10.1 Å². The number of nitrogens with zero attached hydrogens (tertiary/aromatic N) is 5. The van der Waals surface area contributed by atoms with Gasteiger partial charge >= 0.3 is 0 Å². The van der Waals surface area contributed by atoms with Crippen molar-refractivity contribution >= 4 is 27.7 Å². The summed E-state index contributed by atoms with van der Waals surface area (Å²) in [6.45, 7) is 0. The predicted molar refractivity (Wildman–Crippen MR) is 65.2 cm³/mol. The fourth-order valence-electron chi connectivity index (χ4n) is 1.53. The minimum absolute atomic E-state index is 0.0424. The van der Waals surface area contributed by atoms with Crippen LogP contribution in [0, 0.1) is 10.1 Å². The zero-order chi connectivity index (χ0) is 12.7. The molecule has 9 heteroatoms. The van der Waals surface area contributed by atoms with E-state index in [0.29, 0.717) is 21.2 Å². The molecule has 2 heterocycles. The van der Waals surface area contributed by atoms with Gasteiger partial charge in [0.2, 0.25) is 4.96 Å². The molecule has 18 heavy (non-hydrogen) atoms. The Morgan fingerprint density at radius 3 is 2.94 bits per heavy atom. The lowest BCUT2D eigenvalue weighted by Gasteiger charge is -2.00. The van der Waals surface area contributed by atoms with Crippen molar-refractivity contribution in [3.05, 3.63) is 34.6 Å². The summed E-state index contributed by atoms with van der Waals surface area (Å²) in [7, 11) is 0. The number of benzene rings is 1. The molecule has 0 fully saturated rings. The summed E-state index contributed by atoms with van der Waals surface area (Å²) in [5.41, 5.74) is 6.72. The zero-order valence-corrected chi connectivity index (χ0v) is 9.66. The molecule has 3 rings (SSSR count). The standard InChI is InChI=1S/C9H6N6O2S/c10-7-3-5(15(16)17)1-2-6(7)8-13-14-4-11-12-9(14)18-8/h1-4H,10H2. The highest BCUT2D eigenvalue weighted by Crippen LogP contribution is 2.31. The van der Waals surface area contributed by atoms with Crippen molar-refractivity contribution in [2.45, 2.75) is 0 Å². The molecule has 0 amide bonds. The Balaban J connectivity index is 2.11. The van der Waals surface area contributed by atoms with Gasteiger partial charge in [-0.1, -0.05) is 11.3 Å². The molecule has 90 valence electrons. The van der Waals surface area contributed by atoms with Gasteiger partial charge in [0.25, 0.3) is 5.69 Å². The molecular formula is C9H6N6O2S. The lowest BCUT2D eigenvalue weighted by atomic mass is 10.2. The first-order valence-electron chi connectivity index (χ1n) is 4.86. The summed E-state index contributed by atoms with van der Waals surface area (Å²) in [5, 5.41) is 23.1. The first-order valence-corrected chi connectivity index (χ1v) is 5.68. The SMILES string of the molecule is Nc1cc([N+](=O)[O-])ccc1-c1nn2cnnc2s1. The number of nitro groups is 1. The van der Waals surface area contributed by atoms with Gasteiger partial charge in [-0.2, -0.15) is 9.61 Å². The van der Waals surface area contributed by atoms with Crippen molar-refractivity contribution in [1.82, 2.24) is 19.8 Å². The third kappa shape index (κ3) is 1.57. The summed E-state index contributed by atoms with van der Waals surface area (Å²) in [6, 6.07) is 4.30. The molecule has 0 aliphatic heterocycles. The molecule has 0 atom stereocenters. The molecule has 0 aliphatic rings. The fourth-order valence-corrected chi connectivity index (χ4v) is 2.39. The summed E-state index contributed by atoms with van der Waals surface area (Å²) in [6.07, 6.45) is 1.48. The highest BCUT2D eigenvalue weighted by Gasteiger charge is 2.14. The van der Waals surface area contributed by atoms with Crippen LogP contribution >= 0.6 is 11.3 Å². The lowest BCUT2D eigenvalue weighted by molar-refractivity contribution is -0.384. The molecule has 8 nitrogen and oxygen atoms in total. The van der Waals surface area contributed by atoms with Crippen LogP contribution < -0.4 is 5.73 Å². The fraction of sp³-hybridized carbons (Fsp3) is 0. The summed E-state index contributed by atoms with van der Waals surface area (Å²) in [4.78, 5) is 10.8. The monoisotopic (exact) mass is 262 g/mol. The van der Waals surface area contributed by atoms with Gasteiger partial charge < -0.3 is 5.73 Å². The molecular weight excluding hydrogens is 256 g/mol. The molecule has 0 aliphatic carbocycles. The number of non-ortho nitro benzene ring substituents is 1. The van der Waals surface area contributed by atoms with Gasteiger partial charge in [0.05, 0.1) is 4.92 Å². The van der Waals surface area contributed by atoms with Crippen LogP contribution in [-0.2, 0) is 0 Å². The molecule has 1 aromatic carbocycles. The van der Waals surface area contributed by atoms with Crippen molar-refractivity contribution in [3.8, 4) is 10.6 Å². The van der Waals surface area contributed by atoms with E-state index in [1.165, 1.54) is 34.3 Å². The van der Waals surface area contributed by atoms with Gasteiger partial charge in [-0.05, 0) is 6.07 Å². The minimum Gasteiger partial charge on any atom is -0.398 e. The number of aromatic nitrogens is 4. The third-order valence-corrected chi connectivity index (χ3v) is 3.31. The van der Waals surface area contributed by atoms with Gasteiger partial charge in [0.15, 0.2) is 0 Å². The zero-order valence-electron chi connectivity index (χ0n) is 8.85. The normalized spacial score (nSPS) is 10.9. The summed E-state index contributed by atoms with van der Waals surface area (Å²) >= 11 is 1.31. The molecule has 0 spiro atoms. The number of fused-ring (bicyclic) bond motifs is 1. The highest BCUT2D eigenvalue weighted by molar-refractivity contribution is 7.19. The molecule has 0 unspecified atom stereocenters. The second kappa shape index (κ2) is 3.74. The van der Waals surface area contributed by atoms with E-state index in [4.69, 9.17) is 5.73 Å². The Labute approximate surface area is 104 Å². The van der Waals surface area contributed by atoms with E-state index in [0.717, 1.165) is 0 Å². The average Bonchev–Trinajstić information content (AvgIpc) is 2.88. The Morgan fingerprint density at radius 2 is 2.28 bits per heavy atom. The summed E-state index contributed by atoms with van der Waals surface area (Å²) in [5.74, 6) is 0. The van der Waals surface area contributed by atoms with E-state index < -0.39 is 4.92 Å². The smallest absolute Gasteiger partial charge is 0.271 e. The third-order valence-electron chi connectivity index (χ3n) is 2.36. The molecule has 0 saturated carbocycles. The molecule has 0 bridgehead atoms. The first-order chi connectivity index (χ1) is 8.65. The van der Waals surface area contributed by atoms with E-state index in [1.54, 1.807) is 6.07 Å². The Hall–Kier alpha value is -2.55. The molecule has 0 radical (unpaired) electrons. The van der Waals surface area contributed by atoms with Crippen LogP contribution in [0.15, 0.2) is 24.5 Å². The number of anilines is 1. The number of nitrogen functional groups attached to an aromatic ring is 1. The molecule has 0 saturated heterocycles. The van der Waals surface area contributed by atoms with Crippen LogP contribution in [-0.4, -0.2) is 24.7 Å². The minimum atomic E-state index is -0.487. The van der Waals surface area contributed by atoms with Crippen LogP contribution in [0.4, 0.5) is 11.4 Å². The molecule has 2 aromatic heterocycles. The maximum absolute atomic E-state index is 10.6. The van der Waals surface area contributed by atoms with Crippen LogP contribution in [0.25, 0.3) is 15.5 Å². The van der Waals surface area contributed by atoms with Crippen molar-refractivity contribution in [1.29, 1.82) is 0 Å². The maximum Gasteiger partial charge on any atom is 0.271 e. The number of nitrogens with two attached hydrogens (primary N) is 1. The van der Waals surface area contributed by atoms with Gasteiger partial charge in [-0.15, -0.1) is 10.2 Å². The lowest BCUT2D eigenvalue weighted by Crippen LogP contribution is -1.94. The maximum atomic E-state index is 10.6. The van der Waals surface area contributed by atoms with Gasteiger partial charge in [-0.25, -0.2) is 0 Å². The van der Waals surface area contributed by atoms with Crippen LogP contribution in [0.1, 0.15) is 0 Å². The van der Waals surface area contributed by atoms with Crippen molar-refractivity contribution in [2.24, 2.45) is 0 Å². The van der Waals surface area contributed by atoms with E-state index in [-0.39, 0.29) is 5.69 Å². The van der Waals surface area contributed by atoms with Crippen molar-refractivity contribution in [3.63, 3.8) is 0 Å². The van der Waals surface area contributed by atoms with Gasteiger partial charge in [0, 0.05) is 23.4 Å². The van der Waals surface area contributed by atoms with E-state index in [9.17, 15) is 10.1 Å². The quantitative estimate of drug-likeness (QED) is 0.423. The molecule has 3 aromatic rings. The Bertz CT molecular complexity index is 720. The second-order valence-electron chi connectivity index (χ2n) is 3.49. The Kier molecular flexibility index (Phi) is 2.20. The van der Waals surface area contributed by atoms with E-state index >= 15 is 0 Å². The van der Waals surface area contributed by atoms with Crippen molar-refractivity contribution < 1.29 is 4.92 Å². The Morgan fingerprint density at radius 1 is 1.44 bits per heavy atom. The largest absolute Gasteiger partial charge is 0.398 e. The highest BCUT2D eigenvalue weighted by atomic mass is 32.1. The summed E-state index contributed by atoms with van der Waals surface area (Å²) < 4.78 is 1.53. The van der Waals surface area contributed by atoms with E-state index in [2.05, 4.69) is 15.3 Å². The van der Waals surface area contributed by atoms with Crippen LogP contribution in [0.3, 0.4) is 0 Å². The first kappa shape index (κ1) is 10.6. The van der Waals surface area contributed by atoms with Crippen LogP contribution in [0.5, 0.6) is 0 Å². The van der Waals surface area contributed by atoms with Crippen LogP contribution in [0.2, 0.25) is 0 Å². The van der Waals surface area contributed by atoms with Crippen molar-refractivity contribution in [2.75, 3.05) is 5.73 Å². The van der Waals surface area contributed by atoms with E-state index in [1.807, 2.05) is 0 Å². The number of hydrogen-bond acceptors (Lipinski definition) is 7. The number of nitro benzene ring substituents is 1. The average molecular weight is 262 g/mol.